The minimum atomic E-state index is -0.204. The minimum absolute atomic E-state index is 0.204. The van der Waals surface area contributed by atoms with E-state index in [0.717, 1.165) is 41.4 Å². The van der Waals surface area contributed by atoms with E-state index in [2.05, 4.69) is 31.0 Å². The van der Waals surface area contributed by atoms with Gasteiger partial charge in [-0.1, -0.05) is 73.4 Å². The van der Waals surface area contributed by atoms with Crippen LogP contribution in [-0.2, 0) is 0 Å². The standard InChI is InChI=1S/C26H29Cl2N5O/c1-17(2)22-18(3)29-24(19-9-5-4-6-10-19)31-25(22)32-13-8-14-33(16-15-32)26(34)30-23-20(27)11-7-12-21(23)28/h4-7,9-12,17H,8,13-16H2,1-3H3,(H,30,34). The van der Waals surface area contributed by atoms with Crippen molar-refractivity contribution < 1.29 is 4.79 Å². The summed E-state index contributed by atoms with van der Waals surface area (Å²) < 4.78 is 0. The van der Waals surface area contributed by atoms with Gasteiger partial charge in [0.15, 0.2) is 5.82 Å². The van der Waals surface area contributed by atoms with Crippen molar-refractivity contribution in [1.29, 1.82) is 0 Å². The van der Waals surface area contributed by atoms with Crippen molar-refractivity contribution in [2.75, 3.05) is 36.4 Å². The molecule has 0 radical (unpaired) electrons. The van der Waals surface area contributed by atoms with E-state index in [4.69, 9.17) is 33.2 Å². The van der Waals surface area contributed by atoms with E-state index in [9.17, 15) is 4.79 Å². The van der Waals surface area contributed by atoms with Crippen LogP contribution in [-0.4, -0.2) is 47.1 Å². The van der Waals surface area contributed by atoms with E-state index in [0.29, 0.717) is 35.4 Å². The summed E-state index contributed by atoms with van der Waals surface area (Å²) in [7, 11) is 0. The molecule has 3 aromatic rings. The Morgan fingerprint density at radius 3 is 2.32 bits per heavy atom. The highest BCUT2D eigenvalue weighted by Gasteiger charge is 2.25. The number of hydrogen-bond acceptors (Lipinski definition) is 4. The zero-order chi connectivity index (χ0) is 24.2. The number of aromatic nitrogens is 2. The smallest absolute Gasteiger partial charge is 0.321 e. The number of rotatable bonds is 4. The largest absolute Gasteiger partial charge is 0.354 e. The lowest BCUT2D eigenvalue weighted by Gasteiger charge is -2.27. The first kappa shape index (κ1) is 24.3. The average Bonchev–Trinajstić information content (AvgIpc) is 3.07. The number of halogens is 2. The van der Waals surface area contributed by atoms with Crippen LogP contribution < -0.4 is 10.2 Å². The van der Waals surface area contributed by atoms with Crippen LogP contribution in [0.2, 0.25) is 10.0 Å². The maximum atomic E-state index is 13.0. The zero-order valence-corrected chi connectivity index (χ0v) is 21.2. The molecule has 1 aliphatic heterocycles. The van der Waals surface area contributed by atoms with Gasteiger partial charge in [0.25, 0.3) is 0 Å². The van der Waals surface area contributed by atoms with Gasteiger partial charge in [0.2, 0.25) is 0 Å². The minimum Gasteiger partial charge on any atom is -0.354 e. The van der Waals surface area contributed by atoms with Gasteiger partial charge in [0.05, 0.1) is 15.7 Å². The lowest BCUT2D eigenvalue weighted by Crippen LogP contribution is -2.38. The van der Waals surface area contributed by atoms with Crippen molar-refractivity contribution in [3.05, 3.63) is 69.8 Å². The normalized spacial score (nSPS) is 14.3. The second-order valence-corrected chi connectivity index (χ2v) is 9.56. The van der Waals surface area contributed by atoms with Gasteiger partial charge in [0, 0.05) is 43.0 Å². The quantitative estimate of drug-likeness (QED) is 0.439. The van der Waals surface area contributed by atoms with Crippen LogP contribution in [0.15, 0.2) is 48.5 Å². The molecule has 178 valence electrons. The molecule has 1 fully saturated rings. The number of urea groups is 1. The van der Waals surface area contributed by atoms with Gasteiger partial charge in [-0.2, -0.15) is 0 Å². The second-order valence-electron chi connectivity index (χ2n) is 8.75. The number of carbonyl (C=O) groups excluding carboxylic acids is 1. The summed E-state index contributed by atoms with van der Waals surface area (Å²) in [4.78, 5) is 26.9. The summed E-state index contributed by atoms with van der Waals surface area (Å²) in [5, 5.41) is 3.72. The van der Waals surface area contributed by atoms with Crippen LogP contribution in [0.4, 0.5) is 16.3 Å². The van der Waals surface area contributed by atoms with Gasteiger partial charge in [-0.25, -0.2) is 14.8 Å². The Labute approximate surface area is 210 Å². The van der Waals surface area contributed by atoms with Gasteiger partial charge in [-0.15, -0.1) is 0 Å². The van der Waals surface area contributed by atoms with E-state index < -0.39 is 0 Å². The topological polar surface area (TPSA) is 61.4 Å². The molecule has 0 unspecified atom stereocenters. The molecule has 34 heavy (non-hydrogen) atoms. The van der Waals surface area contributed by atoms with E-state index in [1.807, 2.05) is 30.3 Å². The summed E-state index contributed by atoms with van der Waals surface area (Å²) in [6.07, 6.45) is 0.824. The molecule has 8 heteroatoms. The van der Waals surface area contributed by atoms with Crippen molar-refractivity contribution in [2.24, 2.45) is 0 Å². The Kier molecular flexibility index (Phi) is 7.59. The number of para-hydroxylation sites is 1. The van der Waals surface area contributed by atoms with Crippen LogP contribution in [0.3, 0.4) is 0 Å². The van der Waals surface area contributed by atoms with E-state index >= 15 is 0 Å². The highest BCUT2D eigenvalue weighted by Crippen LogP contribution is 2.32. The number of anilines is 2. The van der Waals surface area contributed by atoms with Crippen LogP contribution in [0.5, 0.6) is 0 Å². The Bertz CT molecular complexity index is 1150. The fourth-order valence-corrected chi connectivity index (χ4v) is 4.83. The number of carbonyl (C=O) groups is 1. The van der Waals surface area contributed by atoms with Crippen molar-refractivity contribution in [2.45, 2.75) is 33.1 Å². The summed E-state index contributed by atoms with van der Waals surface area (Å²) >= 11 is 12.5. The molecule has 1 N–H and O–H groups in total. The lowest BCUT2D eigenvalue weighted by molar-refractivity contribution is 0.215. The van der Waals surface area contributed by atoms with Crippen LogP contribution in [0.25, 0.3) is 11.4 Å². The first-order valence-electron chi connectivity index (χ1n) is 11.5. The second kappa shape index (κ2) is 10.6. The number of nitrogens with zero attached hydrogens (tertiary/aromatic N) is 4. The third-order valence-corrected chi connectivity index (χ3v) is 6.63. The van der Waals surface area contributed by atoms with Crippen molar-refractivity contribution in [3.8, 4) is 11.4 Å². The predicted octanol–water partition coefficient (Wildman–Crippen LogP) is 6.63. The van der Waals surface area contributed by atoms with Crippen LogP contribution >= 0.6 is 23.2 Å². The molecule has 0 aliphatic carbocycles. The van der Waals surface area contributed by atoms with Crippen LogP contribution in [0, 0.1) is 6.92 Å². The lowest BCUT2D eigenvalue weighted by atomic mass is 10.0. The Balaban J connectivity index is 1.57. The Hall–Kier alpha value is -2.83. The van der Waals surface area contributed by atoms with Gasteiger partial charge >= 0.3 is 6.03 Å². The molecule has 2 amide bonds. The van der Waals surface area contributed by atoms with Gasteiger partial charge < -0.3 is 15.1 Å². The SMILES string of the molecule is Cc1nc(-c2ccccc2)nc(N2CCCN(C(=O)Nc3c(Cl)cccc3Cl)CC2)c1C(C)C. The molecular formula is C26H29Cl2N5O. The third-order valence-electron chi connectivity index (χ3n) is 6.00. The number of hydrogen-bond donors (Lipinski definition) is 1. The molecule has 2 heterocycles. The van der Waals surface area contributed by atoms with E-state index in [1.165, 1.54) is 0 Å². The maximum absolute atomic E-state index is 13.0. The van der Waals surface area contributed by atoms with Crippen molar-refractivity contribution >= 4 is 40.7 Å². The van der Waals surface area contributed by atoms with Gasteiger partial charge in [0.1, 0.15) is 5.82 Å². The van der Waals surface area contributed by atoms with Gasteiger partial charge in [-0.3, -0.25) is 0 Å². The first-order valence-corrected chi connectivity index (χ1v) is 12.3. The molecule has 1 saturated heterocycles. The highest BCUT2D eigenvalue weighted by molar-refractivity contribution is 6.39. The highest BCUT2D eigenvalue weighted by atomic mass is 35.5. The molecule has 0 bridgehead atoms. The molecule has 1 aromatic heterocycles. The monoisotopic (exact) mass is 497 g/mol. The Morgan fingerprint density at radius 2 is 1.65 bits per heavy atom. The number of nitrogens with one attached hydrogen (secondary N) is 1. The molecule has 4 rings (SSSR count). The van der Waals surface area contributed by atoms with E-state index in [1.54, 1.807) is 23.1 Å². The molecule has 1 aliphatic rings. The summed E-state index contributed by atoms with van der Waals surface area (Å²) in [5.41, 5.74) is 3.58. The first-order chi connectivity index (χ1) is 16.3. The Morgan fingerprint density at radius 1 is 0.941 bits per heavy atom. The third kappa shape index (κ3) is 5.29. The predicted molar refractivity (Wildman–Crippen MR) is 140 cm³/mol. The fraction of sp³-hybridized carbons (Fsp3) is 0.346. The van der Waals surface area contributed by atoms with Crippen molar-refractivity contribution in [3.63, 3.8) is 0 Å². The van der Waals surface area contributed by atoms with Gasteiger partial charge in [-0.05, 0) is 31.4 Å². The average molecular weight is 498 g/mol. The molecule has 0 atom stereocenters. The van der Waals surface area contributed by atoms with E-state index in [-0.39, 0.29) is 11.9 Å². The molecular weight excluding hydrogens is 469 g/mol. The molecule has 0 spiro atoms. The molecule has 0 saturated carbocycles. The molecule has 6 nitrogen and oxygen atoms in total. The summed E-state index contributed by atoms with van der Waals surface area (Å²) in [6, 6.07) is 15.0. The van der Waals surface area contributed by atoms with Crippen LogP contribution in [0.1, 0.15) is 37.4 Å². The maximum Gasteiger partial charge on any atom is 0.321 e. The van der Waals surface area contributed by atoms with Crippen molar-refractivity contribution in [1.82, 2.24) is 14.9 Å². The number of benzene rings is 2. The molecule has 2 aromatic carbocycles. The summed E-state index contributed by atoms with van der Waals surface area (Å²) in [6.45, 7) is 9.07. The number of amides is 2. The fourth-order valence-electron chi connectivity index (χ4n) is 4.34. The zero-order valence-electron chi connectivity index (χ0n) is 19.7. The summed E-state index contributed by atoms with van der Waals surface area (Å²) in [5.74, 6) is 1.97. The number of aryl methyl sites for hydroxylation is 1.